The van der Waals surface area contributed by atoms with Crippen LogP contribution in [0.5, 0.6) is 0 Å². The van der Waals surface area contributed by atoms with Gasteiger partial charge in [-0.25, -0.2) is 4.79 Å². The Morgan fingerprint density at radius 3 is 2.68 bits per heavy atom. The van der Waals surface area contributed by atoms with E-state index >= 15 is 0 Å². The summed E-state index contributed by atoms with van der Waals surface area (Å²) in [6.07, 6.45) is 1.36. The Hall–Kier alpha value is -2.36. The van der Waals surface area contributed by atoms with Crippen LogP contribution in [0.2, 0.25) is 0 Å². The highest BCUT2D eigenvalue weighted by atomic mass is 32.2. The number of aromatic amines is 1. The predicted molar refractivity (Wildman–Crippen MR) is 78.5 cm³/mol. The van der Waals surface area contributed by atoms with E-state index in [1.54, 1.807) is 0 Å². The summed E-state index contributed by atoms with van der Waals surface area (Å²) in [5.74, 6) is -0.434. The summed E-state index contributed by atoms with van der Waals surface area (Å²) in [6, 6.07) is 1.20. The minimum Gasteiger partial charge on any atom is -0.354 e. The van der Waals surface area contributed by atoms with Crippen LogP contribution in [0.1, 0.15) is 6.42 Å². The Kier molecular flexibility index (Phi) is 5.15. The molecule has 0 unspecified atom stereocenters. The first kappa shape index (κ1) is 16.0. The van der Waals surface area contributed by atoms with E-state index in [0.29, 0.717) is 0 Å². The minimum absolute atomic E-state index is 0.0442. The van der Waals surface area contributed by atoms with Gasteiger partial charge in [0, 0.05) is 38.3 Å². The number of nitrogens with zero attached hydrogens (tertiary/aromatic N) is 2. The van der Waals surface area contributed by atoms with Crippen LogP contribution in [0.15, 0.2) is 21.9 Å². The number of nitrogens with one attached hydrogen (secondary N) is 2. The zero-order valence-corrected chi connectivity index (χ0v) is 12.4. The van der Waals surface area contributed by atoms with Gasteiger partial charge in [-0.3, -0.25) is 29.1 Å². The van der Waals surface area contributed by atoms with Crippen molar-refractivity contribution in [3.8, 4) is 0 Å². The Balaban J connectivity index is 1.74. The highest BCUT2D eigenvalue weighted by molar-refractivity contribution is 8.14. The minimum atomic E-state index is -0.578. The molecule has 9 nitrogen and oxygen atoms in total. The molecule has 3 amide bonds. The van der Waals surface area contributed by atoms with Crippen molar-refractivity contribution < 1.29 is 14.4 Å². The topological polar surface area (TPSA) is 121 Å². The van der Waals surface area contributed by atoms with E-state index in [-0.39, 0.29) is 48.9 Å². The van der Waals surface area contributed by atoms with Crippen LogP contribution >= 0.6 is 11.8 Å². The van der Waals surface area contributed by atoms with Crippen molar-refractivity contribution in [2.45, 2.75) is 13.0 Å². The molecule has 0 aromatic carbocycles. The summed E-state index contributed by atoms with van der Waals surface area (Å²) in [5.41, 5.74) is -1.07. The molecule has 0 saturated carbocycles. The van der Waals surface area contributed by atoms with Crippen molar-refractivity contribution in [3.63, 3.8) is 0 Å². The summed E-state index contributed by atoms with van der Waals surface area (Å²) >= 11 is 0.940. The third kappa shape index (κ3) is 4.07. The van der Waals surface area contributed by atoms with Crippen LogP contribution in [-0.4, -0.2) is 50.3 Å². The number of aromatic nitrogens is 2. The van der Waals surface area contributed by atoms with Crippen molar-refractivity contribution in [2.75, 3.05) is 18.8 Å². The molecule has 1 aliphatic rings. The molecule has 22 heavy (non-hydrogen) atoms. The monoisotopic (exact) mass is 326 g/mol. The van der Waals surface area contributed by atoms with Gasteiger partial charge in [0.05, 0.1) is 5.75 Å². The molecule has 0 radical (unpaired) electrons. The Bertz CT molecular complexity index is 694. The van der Waals surface area contributed by atoms with Gasteiger partial charge in [-0.15, -0.1) is 0 Å². The van der Waals surface area contributed by atoms with Gasteiger partial charge in [0.1, 0.15) is 0 Å². The van der Waals surface area contributed by atoms with E-state index in [9.17, 15) is 24.0 Å². The lowest BCUT2D eigenvalue weighted by Gasteiger charge is -2.13. The fourth-order valence-corrected chi connectivity index (χ4v) is 2.59. The number of hydrogen-bond donors (Lipinski definition) is 2. The fourth-order valence-electron chi connectivity index (χ4n) is 1.83. The lowest BCUT2D eigenvalue weighted by atomic mass is 10.4. The molecule has 1 saturated heterocycles. The summed E-state index contributed by atoms with van der Waals surface area (Å²) < 4.78 is 1.21. The second kappa shape index (κ2) is 7.07. The lowest BCUT2D eigenvalue weighted by Crippen LogP contribution is -2.38. The van der Waals surface area contributed by atoms with Gasteiger partial charge in [0.25, 0.3) is 10.8 Å². The molecule has 2 heterocycles. The van der Waals surface area contributed by atoms with Gasteiger partial charge < -0.3 is 9.88 Å². The number of carbonyl (C=O) groups is 3. The van der Waals surface area contributed by atoms with Crippen LogP contribution < -0.4 is 16.6 Å². The predicted octanol–water partition coefficient (Wildman–Crippen LogP) is -1.26. The summed E-state index contributed by atoms with van der Waals surface area (Å²) in [6.45, 7) is 0.422. The summed E-state index contributed by atoms with van der Waals surface area (Å²) in [4.78, 5) is 59.8. The van der Waals surface area contributed by atoms with Gasteiger partial charge in [0.2, 0.25) is 11.8 Å². The molecule has 2 rings (SSSR count). The van der Waals surface area contributed by atoms with Gasteiger partial charge in [-0.05, 0) is 0 Å². The number of carbonyl (C=O) groups excluding carboxylic acids is 3. The van der Waals surface area contributed by atoms with Crippen molar-refractivity contribution >= 4 is 28.8 Å². The van der Waals surface area contributed by atoms with Crippen molar-refractivity contribution in [1.82, 2.24) is 19.8 Å². The standard InChI is InChI=1S/C12H14N4O5S/c17-8(1-4-15-5-2-9(18)14-11(15)20)13-3-6-16-10(19)7-22-12(16)21/h2,5H,1,3-4,6-7H2,(H,13,17)(H,14,18,20). The smallest absolute Gasteiger partial charge is 0.328 e. The molecular formula is C12H14N4O5S. The number of rotatable bonds is 6. The Labute approximate surface area is 128 Å². The number of aryl methyl sites for hydroxylation is 1. The Morgan fingerprint density at radius 1 is 1.27 bits per heavy atom. The number of thioether (sulfide) groups is 1. The molecule has 1 aliphatic heterocycles. The third-order valence-electron chi connectivity index (χ3n) is 2.97. The zero-order valence-electron chi connectivity index (χ0n) is 11.5. The second-order valence-corrected chi connectivity index (χ2v) is 5.43. The number of hydrogen-bond acceptors (Lipinski definition) is 6. The van der Waals surface area contributed by atoms with Crippen molar-refractivity contribution in [3.05, 3.63) is 33.1 Å². The van der Waals surface area contributed by atoms with Gasteiger partial charge in [-0.1, -0.05) is 11.8 Å². The molecule has 2 N–H and O–H groups in total. The normalized spacial score (nSPS) is 14.5. The lowest BCUT2D eigenvalue weighted by molar-refractivity contribution is -0.125. The van der Waals surface area contributed by atoms with E-state index in [1.165, 1.54) is 16.8 Å². The van der Waals surface area contributed by atoms with Crippen molar-refractivity contribution in [2.24, 2.45) is 0 Å². The van der Waals surface area contributed by atoms with Gasteiger partial charge in [0.15, 0.2) is 0 Å². The van der Waals surface area contributed by atoms with Gasteiger partial charge >= 0.3 is 5.69 Å². The first-order valence-electron chi connectivity index (χ1n) is 6.51. The molecule has 1 fully saturated rings. The molecule has 0 atom stereocenters. The average Bonchev–Trinajstić information content (AvgIpc) is 2.78. The first-order valence-corrected chi connectivity index (χ1v) is 7.49. The van der Waals surface area contributed by atoms with Crippen molar-refractivity contribution in [1.29, 1.82) is 0 Å². The third-order valence-corrected chi connectivity index (χ3v) is 3.83. The first-order chi connectivity index (χ1) is 10.5. The molecule has 0 bridgehead atoms. The second-order valence-electron chi connectivity index (χ2n) is 4.50. The average molecular weight is 326 g/mol. The zero-order chi connectivity index (χ0) is 16.1. The molecule has 1 aromatic heterocycles. The number of imide groups is 1. The highest BCUT2D eigenvalue weighted by Crippen LogP contribution is 2.17. The van der Waals surface area contributed by atoms with Crippen LogP contribution in [0, 0.1) is 0 Å². The maximum absolute atomic E-state index is 11.6. The highest BCUT2D eigenvalue weighted by Gasteiger charge is 2.29. The number of H-pyrrole nitrogens is 1. The van der Waals surface area contributed by atoms with E-state index in [2.05, 4.69) is 10.3 Å². The molecule has 0 spiro atoms. The van der Waals surface area contributed by atoms with E-state index < -0.39 is 11.2 Å². The fraction of sp³-hybridized carbons (Fsp3) is 0.417. The van der Waals surface area contributed by atoms with E-state index in [4.69, 9.17) is 0 Å². The Morgan fingerprint density at radius 2 is 2.05 bits per heavy atom. The molecule has 0 aliphatic carbocycles. The maximum Gasteiger partial charge on any atom is 0.328 e. The molecule has 1 aromatic rings. The quantitative estimate of drug-likeness (QED) is 0.673. The summed E-state index contributed by atoms with van der Waals surface area (Å²) in [7, 11) is 0. The van der Waals surface area contributed by atoms with Crippen LogP contribution in [0.25, 0.3) is 0 Å². The van der Waals surface area contributed by atoms with E-state index in [0.717, 1.165) is 16.7 Å². The van der Waals surface area contributed by atoms with Crippen LogP contribution in [-0.2, 0) is 16.1 Å². The largest absolute Gasteiger partial charge is 0.354 e. The number of amides is 3. The van der Waals surface area contributed by atoms with Crippen LogP contribution in [0.3, 0.4) is 0 Å². The van der Waals surface area contributed by atoms with E-state index in [1.807, 2.05) is 0 Å². The molecular weight excluding hydrogens is 312 g/mol. The summed E-state index contributed by atoms with van der Waals surface area (Å²) in [5, 5.41) is 2.26. The maximum atomic E-state index is 11.6. The van der Waals surface area contributed by atoms with Gasteiger partial charge in [-0.2, -0.15) is 0 Å². The SMILES string of the molecule is O=C(CCn1ccc(=O)[nH]c1=O)NCCN1C(=O)CSC1=O. The molecule has 10 heteroatoms. The van der Waals surface area contributed by atoms with Crippen LogP contribution in [0.4, 0.5) is 4.79 Å². The molecule has 118 valence electrons.